The second-order valence-corrected chi connectivity index (χ2v) is 11.4. The minimum absolute atomic E-state index is 0.00653. The number of carbonyl (C=O) groups is 2. The molecule has 6 atom stereocenters. The Morgan fingerprint density at radius 3 is 1.65 bits per heavy atom. The molecule has 0 aromatic carbocycles. The largest absolute Gasteiger partial charge is 0.376 e. The van der Waals surface area contributed by atoms with Crippen LogP contribution in [0.1, 0.15) is 80.1 Å². The Labute approximate surface area is 188 Å². The van der Waals surface area contributed by atoms with Gasteiger partial charge in [-0.2, -0.15) is 0 Å². The zero-order valence-corrected chi connectivity index (χ0v) is 20.4. The topological polar surface area (TPSA) is 81.1 Å². The van der Waals surface area contributed by atoms with E-state index in [1.54, 1.807) is 0 Å². The number of hydrogen-bond acceptors (Lipinski definition) is 4. The Morgan fingerprint density at radius 1 is 0.839 bits per heavy atom. The molecule has 2 aliphatic carbocycles. The van der Waals surface area contributed by atoms with Gasteiger partial charge in [-0.15, -0.1) is 0 Å². The van der Waals surface area contributed by atoms with Crippen molar-refractivity contribution in [1.82, 2.24) is 9.80 Å². The zero-order valence-electron chi connectivity index (χ0n) is 20.4. The molecule has 0 spiro atoms. The molecule has 1 saturated heterocycles. The molecule has 31 heavy (non-hydrogen) atoms. The SMILES string of the molecule is CC1CCC(C(C)C)C(C2(C3CC(C)CCC3C(C)C)C(=O)N(CO)C(=O)N2CO)C1. The van der Waals surface area contributed by atoms with E-state index in [0.717, 1.165) is 43.4 Å². The number of aliphatic hydroxyl groups is 2. The number of rotatable bonds is 6. The number of imide groups is 1. The minimum atomic E-state index is -1.07. The highest BCUT2D eigenvalue weighted by atomic mass is 16.3. The van der Waals surface area contributed by atoms with Crippen molar-refractivity contribution in [2.24, 2.45) is 47.3 Å². The first-order chi connectivity index (χ1) is 14.6. The summed E-state index contributed by atoms with van der Waals surface area (Å²) < 4.78 is 0. The van der Waals surface area contributed by atoms with Crippen molar-refractivity contribution in [3.8, 4) is 0 Å². The maximum absolute atomic E-state index is 14.2. The Balaban J connectivity index is 2.25. The van der Waals surface area contributed by atoms with Crippen molar-refractivity contribution in [1.29, 1.82) is 0 Å². The maximum Gasteiger partial charge on any atom is 0.331 e. The van der Waals surface area contributed by atoms with Gasteiger partial charge in [-0.05, 0) is 73.0 Å². The van der Waals surface area contributed by atoms with Crippen molar-refractivity contribution >= 4 is 11.9 Å². The first-order valence-corrected chi connectivity index (χ1v) is 12.5. The van der Waals surface area contributed by atoms with Gasteiger partial charge in [0.25, 0.3) is 5.91 Å². The van der Waals surface area contributed by atoms with Gasteiger partial charge in [0.15, 0.2) is 0 Å². The van der Waals surface area contributed by atoms with Gasteiger partial charge in [-0.25, -0.2) is 9.69 Å². The number of hydrogen-bond donors (Lipinski definition) is 2. The lowest BCUT2D eigenvalue weighted by atomic mass is 9.53. The molecule has 6 heteroatoms. The zero-order chi connectivity index (χ0) is 23.1. The van der Waals surface area contributed by atoms with Crippen LogP contribution in [-0.4, -0.2) is 51.0 Å². The summed E-state index contributed by atoms with van der Waals surface area (Å²) >= 11 is 0. The number of carbonyl (C=O) groups excluding carboxylic acids is 2. The average molecular weight is 437 g/mol. The molecule has 2 saturated carbocycles. The summed E-state index contributed by atoms with van der Waals surface area (Å²) in [6, 6.07) is -0.531. The molecule has 0 aromatic rings. The predicted octanol–water partition coefficient (Wildman–Crippen LogP) is 4.31. The van der Waals surface area contributed by atoms with Crippen LogP contribution in [0.2, 0.25) is 0 Å². The minimum Gasteiger partial charge on any atom is -0.376 e. The van der Waals surface area contributed by atoms with E-state index in [9.17, 15) is 19.8 Å². The molecule has 1 heterocycles. The molecule has 3 fully saturated rings. The standard InChI is InChI=1S/C25H44N2O4/c1-15(2)19-9-7-17(5)11-21(19)25(22-12-18(6)8-10-20(22)16(3)4)23(30)26(13-28)24(31)27(25)14-29/h15-22,28-29H,7-14H2,1-6H3. The first-order valence-electron chi connectivity index (χ1n) is 12.5. The fourth-order valence-electron chi connectivity index (χ4n) is 7.43. The Bertz CT molecular complexity index is 632. The van der Waals surface area contributed by atoms with E-state index in [2.05, 4.69) is 41.5 Å². The van der Waals surface area contributed by atoms with Gasteiger partial charge in [0.05, 0.1) is 0 Å². The van der Waals surface area contributed by atoms with E-state index in [0.29, 0.717) is 35.5 Å². The third-order valence-electron chi connectivity index (χ3n) is 8.95. The number of urea groups is 1. The Hall–Kier alpha value is -1.14. The normalized spacial score (nSPS) is 39.8. The van der Waals surface area contributed by atoms with Crippen LogP contribution in [0.15, 0.2) is 0 Å². The highest BCUT2D eigenvalue weighted by Crippen LogP contribution is 2.57. The molecule has 3 aliphatic rings. The van der Waals surface area contributed by atoms with Crippen LogP contribution in [0.5, 0.6) is 0 Å². The number of nitrogens with zero attached hydrogens (tertiary/aromatic N) is 2. The van der Waals surface area contributed by atoms with Gasteiger partial charge in [0.2, 0.25) is 0 Å². The van der Waals surface area contributed by atoms with Crippen molar-refractivity contribution in [2.45, 2.75) is 85.6 Å². The number of amides is 3. The quantitative estimate of drug-likeness (QED) is 0.608. The fraction of sp³-hybridized carbons (Fsp3) is 0.920. The van der Waals surface area contributed by atoms with Gasteiger partial charge in [0, 0.05) is 0 Å². The second kappa shape index (κ2) is 9.38. The third-order valence-corrected chi connectivity index (χ3v) is 8.95. The molecule has 2 N–H and O–H groups in total. The summed E-state index contributed by atoms with van der Waals surface area (Å²) in [6.07, 6.45) is 6.12. The molecule has 3 rings (SSSR count). The summed E-state index contributed by atoms with van der Waals surface area (Å²) in [7, 11) is 0. The van der Waals surface area contributed by atoms with Crippen LogP contribution in [-0.2, 0) is 4.79 Å². The smallest absolute Gasteiger partial charge is 0.331 e. The van der Waals surface area contributed by atoms with Crippen molar-refractivity contribution < 1.29 is 19.8 Å². The van der Waals surface area contributed by atoms with Gasteiger partial charge < -0.3 is 10.2 Å². The molecule has 3 amide bonds. The monoisotopic (exact) mass is 436 g/mol. The lowest BCUT2D eigenvalue weighted by molar-refractivity contribution is -0.155. The Kier molecular flexibility index (Phi) is 7.42. The molecule has 0 radical (unpaired) electrons. The second-order valence-electron chi connectivity index (χ2n) is 11.4. The molecule has 0 aromatic heterocycles. The average Bonchev–Trinajstić information content (AvgIpc) is 2.93. The van der Waals surface area contributed by atoms with Gasteiger partial charge >= 0.3 is 6.03 Å². The van der Waals surface area contributed by atoms with Crippen molar-refractivity contribution in [2.75, 3.05) is 13.5 Å². The highest BCUT2D eigenvalue weighted by Gasteiger charge is 2.67. The summed E-state index contributed by atoms with van der Waals surface area (Å²) in [5.41, 5.74) is -1.07. The lowest BCUT2D eigenvalue weighted by Crippen LogP contribution is -2.66. The maximum atomic E-state index is 14.2. The van der Waals surface area contributed by atoms with Crippen LogP contribution in [0.25, 0.3) is 0 Å². The van der Waals surface area contributed by atoms with Crippen LogP contribution >= 0.6 is 0 Å². The Morgan fingerprint density at radius 2 is 1.29 bits per heavy atom. The van der Waals surface area contributed by atoms with E-state index in [4.69, 9.17) is 0 Å². The van der Waals surface area contributed by atoms with Crippen LogP contribution in [0, 0.1) is 47.3 Å². The summed E-state index contributed by atoms with van der Waals surface area (Å²) in [6.45, 7) is 12.3. The van der Waals surface area contributed by atoms with Crippen LogP contribution in [0.3, 0.4) is 0 Å². The van der Waals surface area contributed by atoms with Gasteiger partial charge in [-0.3, -0.25) is 9.69 Å². The van der Waals surface area contributed by atoms with Crippen LogP contribution < -0.4 is 0 Å². The van der Waals surface area contributed by atoms with E-state index in [-0.39, 0.29) is 17.7 Å². The van der Waals surface area contributed by atoms with Crippen LogP contribution in [0.4, 0.5) is 4.79 Å². The molecule has 0 bridgehead atoms. The van der Waals surface area contributed by atoms with Gasteiger partial charge in [0.1, 0.15) is 19.0 Å². The molecule has 178 valence electrons. The van der Waals surface area contributed by atoms with E-state index in [1.165, 1.54) is 4.90 Å². The third kappa shape index (κ3) is 3.92. The molecule has 1 aliphatic heterocycles. The molecular weight excluding hydrogens is 392 g/mol. The van der Waals surface area contributed by atoms with E-state index < -0.39 is 25.0 Å². The lowest BCUT2D eigenvalue weighted by Gasteiger charge is -2.56. The summed E-state index contributed by atoms with van der Waals surface area (Å²) in [5, 5.41) is 20.5. The van der Waals surface area contributed by atoms with Crippen molar-refractivity contribution in [3.05, 3.63) is 0 Å². The van der Waals surface area contributed by atoms with E-state index >= 15 is 0 Å². The predicted molar refractivity (Wildman–Crippen MR) is 121 cm³/mol. The highest BCUT2D eigenvalue weighted by molar-refractivity contribution is 6.07. The first kappa shape index (κ1) is 24.5. The fourth-order valence-corrected chi connectivity index (χ4v) is 7.43. The number of aliphatic hydroxyl groups excluding tert-OH is 2. The van der Waals surface area contributed by atoms with Crippen molar-refractivity contribution in [3.63, 3.8) is 0 Å². The van der Waals surface area contributed by atoms with E-state index in [1.807, 2.05) is 0 Å². The summed E-state index contributed by atoms with van der Waals surface area (Å²) in [4.78, 5) is 29.9. The molecule has 6 nitrogen and oxygen atoms in total. The molecular formula is C25H44N2O4. The summed E-state index contributed by atoms with van der Waals surface area (Å²) in [5.74, 6) is 2.06. The molecule has 6 unspecified atom stereocenters. The van der Waals surface area contributed by atoms with Gasteiger partial charge in [-0.1, -0.05) is 54.4 Å².